The average Bonchev–Trinajstić information content (AvgIpc) is 2.68. The number of unbranched alkanes of at least 4 members (excludes halogenated alkanes) is 1. The van der Waals surface area contributed by atoms with Gasteiger partial charge in [-0.1, -0.05) is 59.1 Å². The summed E-state index contributed by atoms with van der Waals surface area (Å²) in [4.78, 5) is 27.1. The average molecular weight is 484 g/mol. The highest BCUT2D eigenvalue weighted by atomic mass is 79.9. The lowest BCUT2D eigenvalue weighted by Crippen LogP contribution is -2.48. The number of benzene rings is 2. The van der Waals surface area contributed by atoms with Crippen molar-refractivity contribution in [2.24, 2.45) is 0 Å². The van der Waals surface area contributed by atoms with Crippen LogP contribution in [0.3, 0.4) is 0 Å². The molecule has 0 saturated carbocycles. The van der Waals surface area contributed by atoms with E-state index in [1.54, 1.807) is 13.0 Å². The van der Waals surface area contributed by atoms with Crippen LogP contribution in [0.5, 0.6) is 0 Å². The molecule has 1 atom stereocenters. The first-order valence-electron chi connectivity index (χ1n) is 9.58. The smallest absolute Gasteiger partial charge is 0.242 e. The van der Waals surface area contributed by atoms with Crippen molar-refractivity contribution >= 4 is 39.3 Å². The number of amides is 2. The van der Waals surface area contributed by atoms with Crippen molar-refractivity contribution in [2.75, 3.05) is 6.54 Å². The third-order valence-electron chi connectivity index (χ3n) is 4.63. The molecular formula is C22H25BrClFN2O2. The van der Waals surface area contributed by atoms with Crippen molar-refractivity contribution in [1.82, 2.24) is 10.2 Å². The molecule has 0 heterocycles. The van der Waals surface area contributed by atoms with Gasteiger partial charge in [0, 0.05) is 28.1 Å². The zero-order valence-corrected chi connectivity index (χ0v) is 18.9. The van der Waals surface area contributed by atoms with Crippen molar-refractivity contribution in [1.29, 1.82) is 0 Å². The molecule has 0 fully saturated rings. The molecule has 2 amide bonds. The summed E-state index contributed by atoms with van der Waals surface area (Å²) >= 11 is 9.51. The topological polar surface area (TPSA) is 49.4 Å². The Bertz CT molecular complexity index is 842. The third kappa shape index (κ3) is 6.82. The number of carbonyl (C=O) groups is 2. The highest BCUT2D eigenvalue weighted by molar-refractivity contribution is 9.10. The largest absolute Gasteiger partial charge is 0.354 e. The Kier molecular flexibility index (Phi) is 9.11. The predicted octanol–water partition coefficient (Wildman–Crippen LogP) is 5.12. The molecule has 2 aromatic rings. The lowest BCUT2D eigenvalue weighted by molar-refractivity contribution is -0.140. The molecule has 0 bridgehead atoms. The fraction of sp³-hybridized carbons (Fsp3) is 0.364. The molecule has 0 saturated heterocycles. The van der Waals surface area contributed by atoms with E-state index in [1.807, 2.05) is 31.2 Å². The number of rotatable bonds is 9. The van der Waals surface area contributed by atoms with E-state index in [1.165, 1.54) is 17.0 Å². The Morgan fingerprint density at radius 1 is 1.24 bits per heavy atom. The second kappa shape index (κ2) is 11.3. The molecule has 0 aliphatic heterocycles. The summed E-state index contributed by atoms with van der Waals surface area (Å²) in [6.07, 6.45) is 1.61. The molecule has 2 aromatic carbocycles. The number of hydrogen-bond acceptors (Lipinski definition) is 2. The van der Waals surface area contributed by atoms with E-state index in [0.717, 1.165) is 22.9 Å². The van der Waals surface area contributed by atoms with E-state index in [-0.39, 0.29) is 35.4 Å². The predicted molar refractivity (Wildman–Crippen MR) is 117 cm³/mol. The molecule has 2 rings (SSSR count). The van der Waals surface area contributed by atoms with Crippen molar-refractivity contribution < 1.29 is 14.0 Å². The fourth-order valence-electron chi connectivity index (χ4n) is 2.90. The van der Waals surface area contributed by atoms with Gasteiger partial charge in [-0.25, -0.2) is 4.39 Å². The van der Waals surface area contributed by atoms with E-state index < -0.39 is 11.9 Å². The summed E-state index contributed by atoms with van der Waals surface area (Å²) < 4.78 is 15.1. The monoisotopic (exact) mass is 482 g/mol. The molecule has 0 radical (unpaired) electrons. The van der Waals surface area contributed by atoms with Gasteiger partial charge < -0.3 is 10.2 Å². The van der Waals surface area contributed by atoms with E-state index in [2.05, 4.69) is 21.2 Å². The van der Waals surface area contributed by atoms with Crippen molar-refractivity contribution in [3.63, 3.8) is 0 Å². The first-order chi connectivity index (χ1) is 13.8. The molecule has 1 N–H and O–H groups in total. The van der Waals surface area contributed by atoms with Gasteiger partial charge >= 0.3 is 0 Å². The van der Waals surface area contributed by atoms with Crippen LogP contribution in [0, 0.1) is 5.82 Å². The first-order valence-corrected chi connectivity index (χ1v) is 10.7. The summed E-state index contributed by atoms with van der Waals surface area (Å²) in [5.41, 5.74) is 0.998. The van der Waals surface area contributed by atoms with E-state index in [9.17, 15) is 14.0 Å². The van der Waals surface area contributed by atoms with Gasteiger partial charge in [0.1, 0.15) is 11.9 Å². The molecule has 1 unspecified atom stereocenters. The molecule has 156 valence electrons. The van der Waals surface area contributed by atoms with Gasteiger partial charge in [-0.2, -0.15) is 0 Å². The minimum Gasteiger partial charge on any atom is -0.354 e. The summed E-state index contributed by atoms with van der Waals surface area (Å²) in [7, 11) is 0. The Morgan fingerprint density at radius 3 is 2.62 bits per heavy atom. The minimum atomic E-state index is -0.705. The van der Waals surface area contributed by atoms with Crippen LogP contribution in [0.1, 0.15) is 37.8 Å². The van der Waals surface area contributed by atoms with Crippen LogP contribution >= 0.6 is 27.5 Å². The molecule has 0 aliphatic carbocycles. The maximum absolute atomic E-state index is 14.2. The molecule has 0 aliphatic rings. The normalized spacial score (nSPS) is 11.8. The maximum atomic E-state index is 14.2. The van der Waals surface area contributed by atoms with Crippen LogP contribution in [-0.2, 0) is 22.6 Å². The maximum Gasteiger partial charge on any atom is 0.242 e. The minimum absolute atomic E-state index is 0.136. The number of halogens is 3. The summed E-state index contributed by atoms with van der Waals surface area (Å²) in [5.74, 6) is -1.13. The van der Waals surface area contributed by atoms with Gasteiger partial charge in [-0.3, -0.25) is 9.59 Å². The van der Waals surface area contributed by atoms with Gasteiger partial charge in [-0.05, 0) is 43.2 Å². The van der Waals surface area contributed by atoms with Crippen LogP contribution < -0.4 is 5.32 Å². The summed E-state index contributed by atoms with van der Waals surface area (Å²) in [6, 6.07) is 11.1. The second-order valence-electron chi connectivity index (χ2n) is 6.85. The molecule has 0 spiro atoms. The highest BCUT2D eigenvalue weighted by Crippen LogP contribution is 2.22. The lowest BCUT2D eigenvalue weighted by atomic mass is 10.1. The Balaban J connectivity index is 2.25. The van der Waals surface area contributed by atoms with Crippen molar-refractivity contribution in [2.45, 2.75) is 45.7 Å². The SMILES string of the molecule is CCCCNC(=O)C(C)N(Cc1cccc(Br)c1)C(=O)Cc1c(F)cccc1Cl. The molecule has 0 aromatic heterocycles. The quantitative estimate of drug-likeness (QED) is 0.503. The Labute approximate surface area is 184 Å². The Hall–Kier alpha value is -1.92. The van der Waals surface area contributed by atoms with Crippen LogP contribution in [0.2, 0.25) is 5.02 Å². The number of nitrogens with zero attached hydrogens (tertiary/aromatic N) is 1. The number of carbonyl (C=O) groups excluding carboxylic acids is 2. The van der Waals surface area contributed by atoms with Gasteiger partial charge in [-0.15, -0.1) is 0 Å². The summed E-state index contributed by atoms with van der Waals surface area (Å²) in [6.45, 7) is 4.50. The van der Waals surface area contributed by atoms with E-state index in [4.69, 9.17) is 11.6 Å². The van der Waals surface area contributed by atoms with Crippen LogP contribution in [0.4, 0.5) is 4.39 Å². The van der Waals surface area contributed by atoms with Gasteiger partial charge in [0.15, 0.2) is 0 Å². The standard InChI is InChI=1S/C22H25BrClFN2O2/c1-3-4-11-26-22(29)15(2)27(14-16-7-5-8-17(23)12-16)21(28)13-18-19(24)9-6-10-20(18)25/h5-10,12,15H,3-4,11,13-14H2,1-2H3,(H,26,29). The molecule has 29 heavy (non-hydrogen) atoms. The third-order valence-corrected chi connectivity index (χ3v) is 5.48. The summed E-state index contributed by atoms with van der Waals surface area (Å²) in [5, 5.41) is 3.06. The van der Waals surface area contributed by atoms with E-state index in [0.29, 0.717) is 6.54 Å². The molecular weight excluding hydrogens is 459 g/mol. The van der Waals surface area contributed by atoms with Gasteiger partial charge in [0.25, 0.3) is 0 Å². The fourth-order valence-corrected chi connectivity index (χ4v) is 3.58. The zero-order chi connectivity index (χ0) is 21.4. The zero-order valence-electron chi connectivity index (χ0n) is 16.6. The van der Waals surface area contributed by atoms with Crippen molar-refractivity contribution in [3.8, 4) is 0 Å². The van der Waals surface area contributed by atoms with Gasteiger partial charge in [0.05, 0.1) is 6.42 Å². The lowest BCUT2D eigenvalue weighted by Gasteiger charge is -2.29. The number of hydrogen-bond donors (Lipinski definition) is 1. The van der Waals surface area contributed by atoms with Crippen LogP contribution in [0.15, 0.2) is 46.9 Å². The second-order valence-corrected chi connectivity index (χ2v) is 8.17. The number of nitrogens with one attached hydrogen (secondary N) is 1. The van der Waals surface area contributed by atoms with Crippen LogP contribution in [0.25, 0.3) is 0 Å². The van der Waals surface area contributed by atoms with Crippen molar-refractivity contribution in [3.05, 3.63) is 68.9 Å². The highest BCUT2D eigenvalue weighted by Gasteiger charge is 2.27. The van der Waals surface area contributed by atoms with Crippen LogP contribution in [-0.4, -0.2) is 29.3 Å². The first kappa shape index (κ1) is 23.4. The molecule has 4 nitrogen and oxygen atoms in total. The molecule has 7 heteroatoms. The Morgan fingerprint density at radius 2 is 1.97 bits per heavy atom. The van der Waals surface area contributed by atoms with E-state index >= 15 is 0 Å². The van der Waals surface area contributed by atoms with Gasteiger partial charge in [0.2, 0.25) is 11.8 Å².